The lowest BCUT2D eigenvalue weighted by Crippen LogP contribution is -2.41. The Morgan fingerprint density at radius 2 is 1.42 bits per heavy atom. The standard InChI is InChI=1S/C37H41N5O6/c1-46-32-15-7-4-12-27(32)22-39-35(43)25-41-18-10-3-11-19-48-34-17-9-6-14-31(34)42(30-20-29(37(41)45)21-38-24-30)26-36(44)40-23-28-13-5-8-16-33(28)47-2/h4-9,12-17,20-21,24H,3,10-11,18-19,22-23,25-26H2,1-2H3,(H,39,43)(H,40,44). The number of fused-ring (bicyclic) bond motifs is 3. The number of benzene rings is 3. The minimum atomic E-state index is -0.320. The minimum Gasteiger partial charge on any atom is -0.496 e. The first kappa shape index (κ1) is 33.8. The van der Waals surface area contributed by atoms with Gasteiger partial charge in [-0.25, -0.2) is 0 Å². The predicted octanol–water partition coefficient (Wildman–Crippen LogP) is 4.87. The van der Waals surface area contributed by atoms with Gasteiger partial charge in [0.15, 0.2) is 0 Å². The third kappa shape index (κ3) is 8.81. The van der Waals surface area contributed by atoms with E-state index in [1.165, 1.54) is 6.20 Å². The number of carbonyl (C=O) groups is 3. The number of ether oxygens (including phenoxy) is 3. The molecule has 1 aliphatic heterocycles. The molecule has 2 heterocycles. The van der Waals surface area contributed by atoms with E-state index in [2.05, 4.69) is 15.6 Å². The Kier molecular flexibility index (Phi) is 11.8. The van der Waals surface area contributed by atoms with Crippen LogP contribution in [-0.4, -0.2) is 68.1 Å². The van der Waals surface area contributed by atoms with Crippen LogP contribution in [0.4, 0.5) is 11.4 Å². The van der Waals surface area contributed by atoms with Gasteiger partial charge in [-0.3, -0.25) is 19.4 Å². The van der Waals surface area contributed by atoms with Gasteiger partial charge in [0, 0.05) is 37.0 Å². The van der Waals surface area contributed by atoms with Crippen LogP contribution < -0.4 is 29.7 Å². The average molecular weight is 652 g/mol. The van der Waals surface area contributed by atoms with E-state index in [9.17, 15) is 14.4 Å². The van der Waals surface area contributed by atoms with Crippen molar-refractivity contribution in [2.75, 3.05) is 45.4 Å². The van der Waals surface area contributed by atoms with Gasteiger partial charge in [0.2, 0.25) is 11.8 Å². The number of methoxy groups -OCH3 is 2. The molecule has 2 N–H and O–H groups in total. The van der Waals surface area contributed by atoms with Crippen molar-refractivity contribution in [3.05, 3.63) is 108 Å². The van der Waals surface area contributed by atoms with Crippen LogP contribution in [0, 0.1) is 0 Å². The summed E-state index contributed by atoms with van der Waals surface area (Å²) in [5.41, 5.74) is 3.19. The first-order valence-electron chi connectivity index (χ1n) is 16.0. The zero-order valence-corrected chi connectivity index (χ0v) is 27.3. The summed E-state index contributed by atoms with van der Waals surface area (Å²) < 4.78 is 17.0. The zero-order chi connectivity index (χ0) is 33.7. The highest BCUT2D eigenvalue weighted by atomic mass is 16.5. The SMILES string of the molecule is COc1ccccc1CNC(=O)CN1CCCCCOc2ccccc2N(CC(=O)NCc2ccccc2OC)c2cncc(c2)C1=O. The summed E-state index contributed by atoms with van der Waals surface area (Å²) in [6.45, 7) is 1.20. The first-order chi connectivity index (χ1) is 23.5. The Balaban J connectivity index is 1.38. The monoisotopic (exact) mass is 651 g/mol. The number of hydrogen-bond donors (Lipinski definition) is 2. The molecular formula is C37H41N5O6. The van der Waals surface area contributed by atoms with Crippen LogP contribution in [0.25, 0.3) is 0 Å². The quantitative estimate of drug-likeness (QED) is 0.249. The van der Waals surface area contributed by atoms with Crippen molar-refractivity contribution >= 4 is 29.1 Å². The lowest BCUT2D eigenvalue weighted by Gasteiger charge is -2.28. The summed E-state index contributed by atoms with van der Waals surface area (Å²) in [6.07, 6.45) is 5.34. The molecule has 2 bridgehead atoms. The summed E-state index contributed by atoms with van der Waals surface area (Å²) in [5.74, 6) is 1.13. The summed E-state index contributed by atoms with van der Waals surface area (Å²) in [4.78, 5) is 48.2. The number of carbonyl (C=O) groups excluding carboxylic acids is 3. The molecule has 4 aromatic rings. The van der Waals surface area contributed by atoms with Crippen molar-refractivity contribution in [2.24, 2.45) is 0 Å². The smallest absolute Gasteiger partial charge is 0.255 e. The summed E-state index contributed by atoms with van der Waals surface area (Å²) in [7, 11) is 3.18. The molecule has 0 spiro atoms. The molecule has 3 aromatic carbocycles. The van der Waals surface area contributed by atoms with Crippen molar-refractivity contribution in [3.63, 3.8) is 0 Å². The van der Waals surface area contributed by atoms with E-state index in [4.69, 9.17) is 14.2 Å². The highest BCUT2D eigenvalue weighted by molar-refractivity contribution is 5.97. The zero-order valence-electron chi connectivity index (χ0n) is 27.3. The van der Waals surface area contributed by atoms with Gasteiger partial charge in [-0.2, -0.15) is 0 Å². The van der Waals surface area contributed by atoms with Crippen LogP contribution in [0.1, 0.15) is 40.7 Å². The molecule has 250 valence electrons. The van der Waals surface area contributed by atoms with Gasteiger partial charge in [-0.05, 0) is 49.6 Å². The summed E-state index contributed by atoms with van der Waals surface area (Å²) in [6, 6.07) is 24.2. The van der Waals surface area contributed by atoms with Crippen LogP contribution >= 0.6 is 0 Å². The van der Waals surface area contributed by atoms with Crippen molar-refractivity contribution in [2.45, 2.75) is 32.4 Å². The highest BCUT2D eigenvalue weighted by Gasteiger charge is 2.23. The molecule has 0 aliphatic carbocycles. The van der Waals surface area contributed by atoms with Gasteiger partial charge in [0.25, 0.3) is 5.91 Å². The second-order valence-electron chi connectivity index (χ2n) is 11.3. The van der Waals surface area contributed by atoms with E-state index in [0.29, 0.717) is 53.8 Å². The Morgan fingerprint density at radius 3 is 2.10 bits per heavy atom. The normalized spacial score (nSPS) is 13.4. The number of amides is 3. The summed E-state index contributed by atoms with van der Waals surface area (Å²) >= 11 is 0. The molecule has 11 nitrogen and oxygen atoms in total. The molecule has 1 aromatic heterocycles. The molecule has 0 saturated carbocycles. The molecule has 0 radical (unpaired) electrons. The number of anilines is 2. The van der Waals surface area contributed by atoms with E-state index in [1.807, 2.05) is 72.8 Å². The van der Waals surface area contributed by atoms with Crippen molar-refractivity contribution in [1.82, 2.24) is 20.5 Å². The predicted molar refractivity (Wildman–Crippen MR) is 183 cm³/mol. The molecule has 0 saturated heterocycles. The van der Waals surface area contributed by atoms with Crippen LogP contribution in [0.3, 0.4) is 0 Å². The number of hydrogen-bond acceptors (Lipinski definition) is 8. The van der Waals surface area contributed by atoms with E-state index >= 15 is 0 Å². The molecule has 3 amide bonds. The molecule has 11 heteroatoms. The minimum absolute atomic E-state index is 0.0656. The number of nitrogens with zero attached hydrogens (tertiary/aromatic N) is 3. The number of pyridine rings is 1. The number of rotatable bonds is 10. The van der Waals surface area contributed by atoms with Crippen LogP contribution in [0.5, 0.6) is 17.2 Å². The number of nitrogens with one attached hydrogen (secondary N) is 2. The molecule has 0 unspecified atom stereocenters. The molecule has 1 aliphatic rings. The lowest BCUT2D eigenvalue weighted by molar-refractivity contribution is -0.122. The van der Waals surface area contributed by atoms with Crippen molar-refractivity contribution in [3.8, 4) is 17.2 Å². The van der Waals surface area contributed by atoms with E-state index in [-0.39, 0.29) is 43.9 Å². The van der Waals surface area contributed by atoms with E-state index < -0.39 is 0 Å². The third-order valence-electron chi connectivity index (χ3n) is 8.03. The molecule has 48 heavy (non-hydrogen) atoms. The van der Waals surface area contributed by atoms with E-state index in [0.717, 1.165) is 24.0 Å². The fourth-order valence-electron chi connectivity index (χ4n) is 5.52. The molecule has 0 atom stereocenters. The highest BCUT2D eigenvalue weighted by Crippen LogP contribution is 2.34. The van der Waals surface area contributed by atoms with Crippen LogP contribution in [0.15, 0.2) is 91.3 Å². The Morgan fingerprint density at radius 1 is 0.792 bits per heavy atom. The second kappa shape index (κ2) is 16.8. The van der Waals surface area contributed by atoms with E-state index in [1.54, 1.807) is 36.3 Å². The maximum Gasteiger partial charge on any atom is 0.255 e. The van der Waals surface area contributed by atoms with Gasteiger partial charge in [0.1, 0.15) is 23.8 Å². The van der Waals surface area contributed by atoms with Crippen LogP contribution in [-0.2, 0) is 22.7 Å². The Labute approximate surface area is 280 Å². The second-order valence-corrected chi connectivity index (χ2v) is 11.3. The summed E-state index contributed by atoms with van der Waals surface area (Å²) in [5, 5.41) is 5.90. The number of aromatic nitrogens is 1. The Hall–Kier alpha value is -5.58. The molecule has 5 rings (SSSR count). The van der Waals surface area contributed by atoms with Gasteiger partial charge in [-0.15, -0.1) is 0 Å². The van der Waals surface area contributed by atoms with Crippen LogP contribution in [0.2, 0.25) is 0 Å². The van der Waals surface area contributed by atoms with Gasteiger partial charge in [-0.1, -0.05) is 48.5 Å². The fourth-order valence-corrected chi connectivity index (χ4v) is 5.52. The van der Waals surface area contributed by atoms with Gasteiger partial charge >= 0.3 is 0 Å². The molecule has 0 fully saturated rings. The Bertz CT molecular complexity index is 1710. The average Bonchev–Trinajstić information content (AvgIpc) is 3.12. The number of para-hydroxylation sites is 4. The fraction of sp³-hybridized carbons (Fsp3) is 0.297. The first-order valence-corrected chi connectivity index (χ1v) is 16.0. The topological polar surface area (TPSA) is 122 Å². The van der Waals surface area contributed by atoms with Crippen molar-refractivity contribution < 1.29 is 28.6 Å². The van der Waals surface area contributed by atoms with Crippen molar-refractivity contribution in [1.29, 1.82) is 0 Å². The lowest BCUT2D eigenvalue weighted by atomic mass is 10.1. The van der Waals surface area contributed by atoms with Gasteiger partial charge in [0.05, 0.1) is 50.5 Å². The molecular weight excluding hydrogens is 610 g/mol. The van der Waals surface area contributed by atoms with Gasteiger partial charge < -0.3 is 34.6 Å². The largest absolute Gasteiger partial charge is 0.496 e. The maximum atomic E-state index is 13.9. The maximum absolute atomic E-state index is 13.9. The third-order valence-corrected chi connectivity index (χ3v) is 8.03.